The molecule has 4 nitrogen and oxygen atoms in total. The highest BCUT2D eigenvalue weighted by Gasteiger charge is 2.30. The Morgan fingerprint density at radius 1 is 1.28 bits per heavy atom. The predicted octanol–water partition coefficient (Wildman–Crippen LogP) is 3.78. The van der Waals surface area contributed by atoms with Gasteiger partial charge >= 0.3 is 6.18 Å². The second-order valence-electron chi connectivity index (χ2n) is 5.96. The highest BCUT2D eigenvalue weighted by atomic mass is 19.4. The first-order valence-corrected chi connectivity index (χ1v) is 7.86. The van der Waals surface area contributed by atoms with E-state index in [4.69, 9.17) is 0 Å². The summed E-state index contributed by atoms with van der Waals surface area (Å²) in [5.41, 5.74) is 2.68. The third-order valence-corrected chi connectivity index (χ3v) is 4.26. The largest absolute Gasteiger partial charge is 0.468 e. The van der Waals surface area contributed by atoms with E-state index in [9.17, 15) is 18.0 Å². The Kier molecular flexibility index (Phi) is 4.65. The summed E-state index contributed by atoms with van der Waals surface area (Å²) in [4.78, 5) is 18.1. The van der Waals surface area contributed by atoms with Gasteiger partial charge in [-0.2, -0.15) is 13.2 Å². The average Bonchev–Trinajstić information content (AvgIpc) is 3.02. The number of carbonyl (C=O) groups is 1. The van der Waals surface area contributed by atoms with Crippen molar-refractivity contribution >= 4 is 5.91 Å². The maximum Gasteiger partial charge on any atom is 0.422 e. The van der Waals surface area contributed by atoms with Gasteiger partial charge in [-0.1, -0.05) is 24.3 Å². The molecular formula is C18H17F3N2O2. The third kappa shape index (κ3) is 3.92. The van der Waals surface area contributed by atoms with E-state index in [1.54, 1.807) is 11.9 Å². The summed E-state index contributed by atoms with van der Waals surface area (Å²) in [7, 11) is 1.73. The lowest BCUT2D eigenvalue weighted by Crippen LogP contribution is -2.30. The van der Waals surface area contributed by atoms with E-state index in [1.807, 2.05) is 18.2 Å². The Hall–Kier alpha value is -2.57. The molecule has 1 aliphatic carbocycles. The van der Waals surface area contributed by atoms with Gasteiger partial charge in [-0.15, -0.1) is 0 Å². The molecule has 1 aromatic carbocycles. The van der Waals surface area contributed by atoms with Crippen LogP contribution in [0, 0.1) is 0 Å². The van der Waals surface area contributed by atoms with Crippen LogP contribution in [-0.2, 0) is 6.42 Å². The summed E-state index contributed by atoms with van der Waals surface area (Å²) in [6.07, 6.45) is -1.42. The summed E-state index contributed by atoms with van der Waals surface area (Å²) in [6, 6.07) is 10.7. The number of nitrogens with zero attached hydrogens (tertiary/aromatic N) is 2. The molecule has 0 saturated heterocycles. The summed E-state index contributed by atoms with van der Waals surface area (Å²) in [5.74, 6) is -0.390. The fraction of sp³-hybridized carbons (Fsp3) is 0.333. The highest BCUT2D eigenvalue weighted by molar-refractivity contribution is 5.94. The zero-order chi connectivity index (χ0) is 18.0. The van der Waals surface area contributed by atoms with Gasteiger partial charge in [-0.25, -0.2) is 4.98 Å². The van der Waals surface area contributed by atoms with Crippen LogP contribution in [0.25, 0.3) is 0 Å². The van der Waals surface area contributed by atoms with Gasteiger partial charge in [-0.3, -0.25) is 4.79 Å². The van der Waals surface area contributed by atoms with Crippen molar-refractivity contribution in [1.29, 1.82) is 0 Å². The van der Waals surface area contributed by atoms with Gasteiger partial charge in [0.25, 0.3) is 5.91 Å². The van der Waals surface area contributed by atoms with Crippen molar-refractivity contribution in [1.82, 2.24) is 9.88 Å². The second-order valence-corrected chi connectivity index (χ2v) is 5.96. The van der Waals surface area contributed by atoms with Crippen molar-refractivity contribution in [2.24, 2.45) is 0 Å². The normalized spacial score (nSPS) is 16.4. The van der Waals surface area contributed by atoms with Crippen LogP contribution in [0.5, 0.6) is 5.88 Å². The van der Waals surface area contributed by atoms with Crippen LogP contribution in [0.4, 0.5) is 13.2 Å². The number of rotatable bonds is 4. The minimum absolute atomic E-state index is 0.00939. The molecule has 0 aliphatic heterocycles. The Bertz CT molecular complexity index is 760. The molecule has 2 aromatic rings. The molecule has 1 atom stereocenters. The van der Waals surface area contributed by atoms with E-state index in [2.05, 4.69) is 15.8 Å². The number of benzene rings is 1. The molecule has 0 radical (unpaired) electrons. The first-order chi connectivity index (χ1) is 11.8. The molecule has 132 valence electrons. The SMILES string of the molecule is CN(C(=O)c1ccc(OCC(F)(F)F)nc1)C1CCc2ccccc21. The predicted molar refractivity (Wildman–Crippen MR) is 85.4 cm³/mol. The van der Waals surface area contributed by atoms with E-state index < -0.39 is 12.8 Å². The Labute approximate surface area is 143 Å². The van der Waals surface area contributed by atoms with E-state index in [0.717, 1.165) is 18.4 Å². The molecule has 0 bridgehead atoms. The van der Waals surface area contributed by atoms with Crippen LogP contribution in [0.1, 0.15) is 33.9 Å². The van der Waals surface area contributed by atoms with Crippen molar-refractivity contribution in [2.75, 3.05) is 13.7 Å². The maximum absolute atomic E-state index is 12.6. The Morgan fingerprint density at radius 2 is 2.04 bits per heavy atom. The van der Waals surface area contributed by atoms with E-state index in [1.165, 1.54) is 23.9 Å². The van der Waals surface area contributed by atoms with Crippen molar-refractivity contribution in [3.05, 3.63) is 59.3 Å². The number of aromatic nitrogens is 1. The minimum atomic E-state index is -4.42. The van der Waals surface area contributed by atoms with Crippen molar-refractivity contribution in [2.45, 2.75) is 25.1 Å². The van der Waals surface area contributed by atoms with Crippen LogP contribution in [0.15, 0.2) is 42.6 Å². The number of hydrogen-bond acceptors (Lipinski definition) is 3. The minimum Gasteiger partial charge on any atom is -0.468 e. The number of carbonyl (C=O) groups excluding carboxylic acids is 1. The summed E-state index contributed by atoms with van der Waals surface area (Å²) >= 11 is 0. The topological polar surface area (TPSA) is 42.4 Å². The molecule has 1 unspecified atom stereocenters. The summed E-state index contributed by atoms with van der Waals surface area (Å²) < 4.78 is 41.0. The first kappa shape index (κ1) is 17.3. The summed E-state index contributed by atoms with van der Waals surface area (Å²) in [5, 5.41) is 0. The summed E-state index contributed by atoms with van der Waals surface area (Å²) in [6.45, 7) is -1.41. The standard InChI is InChI=1S/C18H17F3N2O2/c1-23(15-8-6-12-4-2-3-5-14(12)15)17(24)13-7-9-16(22-10-13)25-11-18(19,20)21/h2-5,7,9-10,15H,6,8,11H2,1H3. The number of hydrogen-bond donors (Lipinski definition) is 0. The fourth-order valence-corrected chi connectivity index (χ4v) is 3.03. The first-order valence-electron chi connectivity index (χ1n) is 7.86. The number of fused-ring (bicyclic) bond motifs is 1. The van der Waals surface area contributed by atoms with Gasteiger partial charge in [-0.05, 0) is 30.0 Å². The van der Waals surface area contributed by atoms with Crippen LogP contribution in [-0.4, -0.2) is 35.6 Å². The monoisotopic (exact) mass is 350 g/mol. The number of halogens is 3. The molecular weight excluding hydrogens is 333 g/mol. The van der Waals surface area contributed by atoms with Crippen molar-refractivity contribution in [3.8, 4) is 5.88 Å². The van der Waals surface area contributed by atoms with E-state index in [-0.39, 0.29) is 17.8 Å². The van der Waals surface area contributed by atoms with Gasteiger partial charge in [0, 0.05) is 19.3 Å². The zero-order valence-corrected chi connectivity index (χ0v) is 13.6. The molecule has 1 amide bonds. The molecule has 1 aromatic heterocycles. The molecule has 0 fully saturated rings. The number of alkyl halides is 3. The van der Waals surface area contributed by atoms with Crippen LogP contribution < -0.4 is 4.74 Å². The van der Waals surface area contributed by atoms with Crippen LogP contribution >= 0.6 is 0 Å². The van der Waals surface area contributed by atoms with Gasteiger partial charge in [0.15, 0.2) is 6.61 Å². The maximum atomic E-state index is 12.6. The molecule has 7 heteroatoms. The van der Waals surface area contributed by atoms with Gasteiger partial charge < -0.3 is 9.64 Å². The molecule has 0 N–H and O–H groups in total. The smallest absolute Gasteiger partial charge is 0.422 e. The number of ether oxygens (including phenoxy) is 1. The number of amides is 1. The lowest BCUT2D eigenvalue weighted by molar-refractivity contribution is -0.154. The van der Waals surface area contributed by atoms with E-state index in [0.29, 0.717) is 5.56 Å². The molecule has 3 rings (SSSR count). The van der Waals surface area contributed by atoms with E-state index >= 15 is 0 Å². The van der Waals surface area contributed by atoms with Crippen LogP contribution in [0.3, 0.4) is 0 Å². The number of aryl methyl sites for hydroxylation is 1. The number of pyridine rings is 1. The van der Waals surface area contributed by atoms with Gasteiger partial charge in [0.1, 0.15) is 0 Å². The van der Waals surface area contributed by atoms with Gasteiger partial charge in [0.05, 0.1) is 11.6 Å². The molecule has 25 heavy (non-hydrogen) atoms. The molecule has 1 heterocycles. The Balaban J connectivity index is 1.69. The fourth-order valence-electron chi connectivity index (χ4n) is 3.03. The Morgan fingerprint density at radius 3 is 2.72 bits per heavy atom. The molecule has 0 spiro atoms. The molecule has 1 aliphatic rings. The average molecular weight is 350 g/mol. The van der Waals surface area contributed by atoms with Gasteiger partial charge in [0.2, 0.25) is 5.88 Å². The second kappa shape index (κ2) is 6.74. The highest BCUT2D eigenvalue weighted by Crippen LogP contribution is 2.35. The lowest BCUT2D eigenvalue weighted by Gasteiger charge is -2.25. The van der Waals surface area contributed by atoms with Crippen molar-refractivity contribution < 1.29 is 22.7 Å². The van der Waals surface area contributed by atoms with Crippen molar-refractivity contribution in [3.63, 3.8) is 0 Å². The lowest BCUT2D eigenvalue weighted by atomic mass is 10.1. The zero-order valence-electron chi connectivity index (χ0n) is 13.6. The molecule has 0 saturated carbocycles. The van der Waals surface area contributed by atoms with Crippen LogP contribution in [0.2, 0.25) is 0 Å². The quantitative estimate of drug-likeness (QED) is 0.843. The third-order valence-electron chi connectivity index (χ3n) is 4.26.